The number of para-hydroxylation sites is 1. The Hall–Kier alpha value is -2.14. The summed E-state index contributed by atoms with van der Waals surface area (Å²) in [6.45, 7) is 2.09. The van der Waals surface area contributed by atoms with E-state index in [9.17, 15) is 9.90 Å². The van der Waals surface area contributed by atoms with Crippen LogP contribution in [-0.2, 0) is 6.42 Å². The number of H-pyrrole nitrogens is 1. The van der Waals surface area contributed by atoms with E-state index in [0.29, 0.717) is 4.88 Å². The fourth-order valence-electron chi connectivity index (χ4n) is 2.15. The Bertz CT molecular complexity index is 753. The van der Waals surface area contributed by atoms with Crippen molar-refractivity contribution < 1.29 is 5.11 Å². The van der Waals surface area contributed by atoms with Crippen LogP contribution in [0.4, 0.5) is 5.69 Å². The van der Waals surface area contributed by atoms with Crippen molar-refractivity contribution >= 4 is 34.9 Å². The maximum absolute atomic E-state index is 11.2. The summed E-state index contributed by atoms with van der Waals surface area (Å²) in [4.78, 5) is 18.2. The van der Waals surface area contributed by atoms with Crippen LogP contribution in [-0.4, -0.2) is 16.3 Å². The normalized spacial score (nSPS) is 15.1. The largest absolute Gasteiger partial charge is 0.493 e. The molecule has 0 amide bonds. The first-order valence-electron chi connectivity index (χ1n) is 5.99. The van der Waals surface area contributed by atoms with E-state index in [1.54, 1.807) is 12.3 Å². The lowest BCUT2D eigenvalue weighted by molar-refractivity contribution is 0.455. The fraction of sp³-hybridized carbons (Fsp3) is 0.143. The summed E-state index contributed by atoms with van der Waals surface area (Å²) in [5, 5.41) is 9.61. The number of allylic oxidation sites excluding steroid dienone is 1. The molecule has 1 aromatic heterocycles. The molecule has 1 aromatic carbocycles. The number of nitrogens with zero attached hydrogens (tertiary/aromatic N) is 1. The molecule has 0 radical (unpaired) electrons. The third kappa shape index (κ3) is 2.02. The number of nitrogens with one attached hydrogen (secondary N) is 1. The molecule has 2 N–H and O–H groups in total. The summed E-state index contributed by atoms with van der Waals surface area (Å²) in [7, 11) is 0. The predicted octanol–water partition coefficient (Wildman–Crippen LogP) is 2.96. The summed E-state index contributed by atoms with van der Waals surface area (Å²) in [5.41, 5.74) is 4.14. The number of aromatic hydroxyl groups is 1. The van der Waals surface area contributed by atoms with E-state index in [2.05, 4.69) is 23.0 Å². The molecule has 0 aliphatic carbocycles. The quantitative estimate of drug-likeness (QED) is 0.882. The Balaban J connectivity index is 2.10. The van der Waals surface area contributed by atoms with Gasteiger partial charge in [0.25, 0.3) is 0 Å². The van der Waals surface area contributed by atoms with Crippen LogP contribution in [0.2, 0.25) is 0 Å². The zero-order valence-corrected chi connectivity index (χ0v) is 11.1. The number of rotatable bonds is 2. The molecule has 96 valence electrons. The standard InChI is InChI=1S/C14H12N2O2S/c1-2-8-4-3-5-10-9(7-15-12(8)10)6-11-13(17)16-14(18)19-11/h3-7,17H,2H2,1H3,(H,16,18)/b9-6-. The fourth-order valence-corrected chi connectivity index (χ4v) is 2.83. The lowest BCUT2D eigenvalue weighted by atomic mass is 10.0. The third-order valence-corrected chi connectivity index (χ3v) is 3.91. The number of hydrogen-bond donors (Lipinski definition) is 2. The molecule has 3 rings (SSSR count). The van der Waals surface area contributed by atoms with Crippen LogP contribution in [0.15, 0.2) is 28.0 Å². The summed E-state index contributed by atoms with van der Waals surface area (Å²) in [5.74, 6) is -0.0870. The average molecular weight is 272 g/mol. The van der Waals surface area contributed by atoms with E-state index >= 15 is 0 Å². The second-order valence-electron chi connectivity index (χ2n) is 4.25. The molecule has 2 aromatic rings. The Labute approximate surface area is 113 Å². The number of aromatic nitrogens is 1. The minimum absolute atomic E-state index is 0.0870. The molecule has 0 bridgehead atoms. The molecular formula is C14H12N2O2S. The van der Waals surface area contributed by atoms with Gasteiger partial charge in [-0.3, -0.25) is 14.8 Å². The highest BCUT2D eigenvalue weighted by molar-refractivity contribution is 7.10. The first kappa shape index (κ1) is 11.9. The van der Waals surface area contributed by atoms with Crippen LogP contribution in [0.25, 0.3) is 11.6 Å². The molecule has 4 nitrogen and oxygen atoms in total. The zero-order valence-electron chi connectivity index (χ0n) is 10.3. The molecule has 5 heteroatoms. The van der Waals surface area contributed by atoms with Gasteiger partial charge < -0.3 is 5.11 Å². The van der Waals surface area contributed by atoms with Crippen LogP contribution in [0.1, 0.15) is 22.9 Å². The lowest BCUT2D eigenvalue weighted by Crippen LogP contribution is -1.89. The van der Waals surface area contributed by atoms with Crippen molar-refractivity contribution in [2.75, 3.05) is 0 Å². The number of aliphatic imine (C=N–C) groups is 1. The van der Waals surface area contributed by atoms with Crippen molar-refractivity contribution in [3.63, 3.8) is 0 Å². The van der Waals surface area contributed by atoms with E-state index < -0.39 is 0 Å². The molecule has 2 heterocycles. The lowest BCUT2D eigenvalue weighted by Gasteiger charge is -2.04. The number of thiazole rings is 1. The van der Waals surface area contributed by atoms with E-state index in [1.165, 1.54) is 5.56 Å². The number of hydrogen-bond acceptors (Lipinski definition) is 4. The van der Waals surface area contributed by atoms with Gasteiger partial charge in [-0.15, -0.1) is 0 Å². The highest BCUT2D eigenvalue weighted by atomic mass is 32.1. The summed E-state index contributed by atoms with van der Waals surface area (Å²) in [6, 6.07) is 6.06. The van der Waals surface area contributed by atoms with Crippen LogP contribution in [0.3, 0.4) is 0 Å². The zero-order chi connectivity index (χ0) is 13.4. The van der Waals surface area contributed by atoms with E-state index in [4.69, 9.17) is 0 Å². The third-order valence-electron chi connectivity index (χ3n) is 3.09. The Morgan fingerprint density at radius 2 is 2.32 bits per heavy atom. The molecule has 1 aliphatic heterocycles. The number of fused-ring (bicyclic) bond motifs is 1. The van der Waals surface area contributed by atoms with E-state index in [1.807, 2.05) is 12.1 Å². The van der Waals surface area contributed by atoms with Gasteiger partial charge in [0.1, 0.15) is 0 Å². The van der Waals surface area contributed by atoms with Gasteiger partial charge in [-0.25, -0.2) is 0 Å². The summed E-state index contributed by atoms with van der Waals surface area (Å²) >= 11 is 0.987. The van der Waals surface area contributed by atoms with Gasteiger partial charge >= 0.3 is 4.87 Å². The number of aromatic amines is 1. The van der Waals surface area contributed by atoms with Crippen LogP contribution < -0.4 is 4.87 Å². The molecule has 19 heavy (non-hydrogen) atoms. The molecule has 0 saturated heterocycles. The van der Waals surface area contributed by atoms with Crippen LogP contribution >= 0.6 is 11.3 Å². The van der Waals surface area contributed by atoms with Gasteiger partial charge in [0.2, 0.25) is 5.88 Å². The van der Waals surface area contributed by atoms with Crippen molar-refractivity contribution in [2.24, 2.45) is 4.99 Å². The molecule has 0 unspecified atom stereocenters. The van der Waals surface area contributed by atoms with Crippen molar-refractivity contribution in [1.29, 1.82) is 0 Å². The van der Waals surface area contributed by atoms with Crippen molar-refractivity contribution in [2.45, 2.75) is 13.3 Å². The van der Waals surface area contributed by atoms with Gasteiger partial charge in [-0.1, -0.05) is 36.5 Å². The topological polar surface area (TPSA) is 65.5 Å². The summed E-state index contributed by atoms with van der Waals surface area (Å²) < 4.78 is 0. The van der Waals surface area contributed by atoms with Gasteiger partial charge in [-0.2, -0.15) is 0 Å². The molecular weight excluding hydrogens is 260 g/mol. The highest BCUT2D eigenvalue weighted by Crippen LogP contribution is 2.36. The smallest absolute Gasteiger partial charge is 0.307 e. The number of aryl methyl sites for hydroxylation is 1. The predicted molar refractivity (Wildman–Crippen MR) is 78.4 cm³/mol. The van der Waals surface area contributed by atoms with Gasteiger partial charge in [0.15, 0.2) is 0 Å². The van der Waals surface area contributed by atoms with E-state index in [0.717, 1.165) is 34.6 Å². The van der Waals surface area contributed by atoms with E-state index in [-0.39, 0.29) is 10.8 Å². The molecule has 0 saturated carbocycles. The van der Waals surface area contributed by atoms with Gasteiger partial charge in [-0.05, 0) is 18.1 Å². The second-order valence-corrected chi connectivity index (χ2v) is 5.27. The van der Waals surface area contributed by atoms with Crippen LogP contribution in [0, 0.1) is 0 Å². The Kier molecular flexibility index (Phi) is 2.83. The van der Waals surface area contributed by atoms with Gasteiger partial charge in [0.05, 0.1) is 10.6 Å². The van der Waals surface area contributed by atoms with Crippen LogP contribution in [0.5, 0.6) is 5.88 Å². The minimum atomic E-state index is -0.262. The minimum Gasteiger partial charge on any atom is -0.493 e. The molecule has 0 fully saturated rings. The molecule has 0 spiro atoms. The van der Waals surface area contributed by atoms with Crippen molar-refractivity contribution in [3.05, 3.63) is 43.9 Å². The maximum atomic E-state index is 11.2. The summed E-state index contributed by atoms with van der Waals surface area (Å²) in [6.07, 6.45) is 4.48. The molecule has 1 aliphatic rings. The highest BCUT2D eigenvalue weighted by Gasteiger charge is 2.16. The van der Waals surface area contributed by atoms with Crippen molar-refractivity contribution in [3.8, 4) is 5.88 Å². The second kappa shape index (κ2) is 4.51. The first-order valence-corrected chi connectivity index (χ1v) is 6.80. The Morgan fingerprint density at radius 3 is 3.00 bits per heavy atom. The molecule has 0 atom stereocenters. The van der Waals surface area contributed by atoms with Gasteiger partial charge in [0, 0.05) is 17.4 Å². The first-order chi connectivity index (χ1) is 9.19. The maximum Gasteiger partial charge on any atom is 0.307 e. The Morgan fingerprint density at radius 1 is 1.47 bits per heavy atom. The van der Waals surface area contributed by atoms with Crippen molar-refractivity contribution in [1.82, 2.24) is 4.98 Å². The monoisotopic (exact) mass is 272 g/mol. The SMILES string of the molecule is CCc1cccc2c1N=C/C2=C/c1sc(=O)[nH]c1O. The number of benzene rings is 1. The average Bonchev–Trinajstić information content (AvgIpc) is 2.94.